The van der Waals surface area contributed by atoms with Crippen LogP contribution in [0.15, 0.2) is 48.5 Å². The molecular weight excluding hydrogens is 420 g/mol. The number of hydrogen-bond donors (Lipinski definition) is 3. The predicted octanol–water partition coefficient (Wildman–Crippen LogP) is 4.98. The Morgan fingerprint density at radius 2 is 1.80 bits per heavy atom. The van der Waals surface area contributed by atoms with Gasteiger partial charge >= 0.3 is 0 Å². The monoisotopic (exact) mass is 442 g/mol. The van der Waals surface area contributed by atoms with Gasteiger partial charge in [0.25, 0.3) is 0 Å². The lowest BCUT2D eigenvalue weighted by Gasteiger charge is -2.18. The number of amides is 1. The Morgan fingerprint density at radius 1 is 1.07 bits per heavy atom. The van der Waals surface area contributed by atoms with Crippen molar-refractivity contribution in [2.75, 3.05) is 16.4 Å². The first kappa shape index (κ1) is 21.9. The third-order valence-electron chi connectivity index (χ3n) is 4.37. The van der Waals surface area contributed by atoms with Crippen LogP contribution in [0.1, 0.15) is 30.5 Å². The van der Waals surface area contributed by atoms with Gasteiger partial charge in [-0.15, -0.1) is 11.8 Å². The highest BCUT2D eigenvalue weighted by Crippen LogP contribution is 2.32. The summed E-state index contributed by atoms with van der Waals surface area (Å²) in [5.41, 5.74) is 8.25. The molecule has 156 valence electrons. The molecule has 4 N–H and O–H groups in total. The van der Waals surface area contributed by atoms with E-state index in [9.17, 15) is 4.79 Å². The molecule has 3 rings (SSSR count). The average Bonchev–Trinajstić information content (AvgIpc) is 2.71. The van der Waals surface area contributed by atoms with Crippen molar-refractivity contribution in [1.82, 2.24) is 15.0 Å². The van der Waals surface area contributed by atoms with Gasteiger partial charge in [0, 0.05) is 16.4 Å². The smallest absolute Gasteiger partial charge is 0.237 e. The first-order chi connectivity index (χ1) is 14.3. The van der Waals surface area contributed by atoms with Gasteiger partial charge in [-0.05, 0) is 50.6 Å². The first-order valence-electron chi connectivity index (χ1n) is 9.38. The molecular formula is C21H23ClN6OS. The van der Waals surface area contributed by atoms with Gasteiger partial charge in [0.15, 0.2) is 0 Å². The van der Waals surface area contributed by atoms with E-state index in [-0.39, 0.29) is 22.4 Å². The fourth-order valence-corrected chi connectivity index (χ4v) is 3.90. The molecule has 0 bridgehead atoms. The van der Waals surface area contributed by atoms with Gasteiger partial charge in [0.05, 0.1) is 10.5 Å². The lowest BCUT2D eigenvalue weighted by atomic mass is 10.2. The van der Waals surface area contributed by atoms with Gasteiger partial charge in [-0.2, -0.15) is 15.0 Å². The Balaban J connectivity index is 1.68. The lowest BCUT2D eigenvalue weighted by Crippen LogP contribution is -2.24. The molecule has 0 aliphatic rings. The Labute approximate surface area is 184 Å². The number of thioether (sulfide) groups is 1. The normalized spacial score (nSPS) is 12.8. The summed E-state index contributed by atoms with van der Waals surface area (Å²) < 4.78 is 0. The molecule has 0 aliphatic carbocycles. The van der Waals surface area contributed by atoms with Gasteiger partial charge in [0.1, 0.15) is 5.82 Å². The summed E-state index contributed by atoms with van der Waals surface area (Å²) in [4.78, 5) is 25.5. The number of aromatic nitrogens is 3. The third-order valence-corrected chi connectivity index (χ3v) is 6.02. The lowest BCUT2D eigenvalue weighted by molar-refractivity contribution is -0.115. The van der Waals surface area contributed by atoms with Crippen LogP contribution in [0.25, 0.3) is 0 Å². The van der Waals surface area contributed by atoms with Gasteiger partial charge in [-0.25, -0.2) is 0 Å². The molecule has 2 aromatic carbocycles. The van der Waals surface area contributed by atoms with E-state index in [4.69, 9.17) is 17.3 Å². The van der Waals surface area contributed by atoms with E-state index in [0.29, 0.717) is 22.5 Å². The van der Waals surface area contributed by atoms with E-state index < -0.39 is 0 Å². The number of benzene rings is 2. The molecule has 0 radical (unpaired) electrons. The Bertz CT molecular complexity index is 1030. The summed E-state index contributed by atoms with van der Waals surface area (Å²) in [5, 5.41) is 6.14. The van der Waals surface area contributed by atoms with E-state index in [1.54, 1.807) is 12.1 Å². The van der Waals surface area contributed by atoms with Gasteiger partial charge in [0.2, 0.25) is 17.8 Å². The summed E-state index contributed by atoms with van der Waals surface area (Å²) >= 11 is 7.56. The van der Waals surface area contributed by atoms with Crippen LogP contribution in [-0.4, -0.2) is 26.1 Å². The number of hydrogen-bond acceptors (Lipinski definition) is 7. The summed E-state index contributed by atoms with van der Waals surface area (Å²) in [6.07, 6.45) is 0. The maximum absolute atomic E-state index is 12.7. The summed E-state index contributed by atoms with van der Waals surface area (Å²) in [6.45, 7) is 5.64. The maximum Gasteiger partial charge on any atom is 0.237 e. The van der Waals surface area contributed by atoms with Crippen molar-refractivity contribution in [3.05, 3.63) is 64.9 Å². The molecule has 0 fully saturated rings. The summed E-state index contributed by atoms with van der Waals surface area (Å²) in [6, 6.07) is 15.0. The van der Waals surface area contributed by atoms with Crippen LogP contribution in [0.3, 0.4) is 0 Å². The quantitative estimate of drug-likeness (QED) is 0.473. The van der Waals surface area contributed by atoms with Crippen LogP contribution in [0.5, 0.6) is 0 Å². The predicted molar refractivity (Wildman–Crippen MR) is 124 cm³/mol. The highest BCUT2D eigenvalue weighted by molar-refractivity contribution is 8.00. The van der Waals surface area contributed by atoms with Crippen LogP contribution in [0.2, 0.25) is 5.02 Å². The second-order valence-corrected chi connectivity index (χ2v) is 8.78. The Kier molecular flexibility index (Phi) is 7.12. The van der Waals surface area contributed by atoms with Crippen LogP contribution >= 0.6 is 23.4 Å². The van der Waals surface area contributed by atoms with Crippen molar-refractivity contribution in [1.29, 1.82) is 0 Å². The van der Waals surface area contributed by atoms with Crippen molar-refractivity contribution < 1.29 is 4.79 Å². The van der Waals surface area contributed by atoms with Crippen molar-refractivity contribution in [3.63, 3.8) is 0 Å². The van der Waals surface area contributed by atoms with E-state index in [1.165, 1.54) is 11.8 Å². The van der Waals surface area contributed by atoms with E-state index in [1.807, 2.05) is 57.2 Å². The molecule has 2 unspecified atom stereocenters. The number of rotatable bonds is 7. The van der Waals surface area contributed by atoms with E-state index in [2.05, 4.69) is 25.6 Å². The molecule has 0 spiro atoms. The van der Waals surface area contributed by atoms with Gasteiger partial charge in [-0.3, -0.25) is 4.79 Å². The number of anilines is 4. The molecule has 2 atom stereocenters. The highest BCUT2D eigenvalue weighted by atomic mass is 35.5. The summed E-state index contributed by atoms with van der Waals surface area (Å²) in [7, 11) is 0. The van der Waals surface area contributed by atoms with Gasteiger partial charge in [-0.1, -0.05) is 35.9 Å². The van der Waals surface area contributed by atoms with Crippen molar-refractivity contribution in [2.24, 2.45) is 0 Å². The number of halogens is 1. The third kappa shape index (κ3) is 5.61. The number of nitrogens with two attached hydrogens (primary N) is 1. The molecule has 9 heteroatoms. The summed E-state index contributed by atoms with van der Waals surface area (Å²) in [5.74, 6) is 0.867. The fraction of sp³-hybridized carbons (Fsp3) is 0.238. The highest BCUT2D eigenvalue weighted by Gasteiger charge is 2.21. The van der Waals surface area contributed by atoms with E-state index in [0.717, 1.165) is 11.3 Å². The minimum absolute atomic E-state index is 0.123. The molecule has 0 saturated heterocycles. The van der Waals surface area contributed by atoms with Crippen LogP contribution < -0.4 is 16.4 Å². The van der Waals surface area contributed by atoms with Crippen molar-refractivity contribution in [3.8, 4) is 0 Å². The van der Waals surface area contributed by atoms with Crippen molar-refractivity contribution >= 4 is 52.5 Å². The van der Waals surface area contributed by atoms with E-state index >= 15 is 0 Å². The number of carbonyl (C=O) groups is 1. The first-order valence-corrected chi connectivity index (χ1v) is 10.7. The average molecular weight is 443 g/mol. The maximum atomic E-state index is 12.7. The minimum atomic E-state index is -0.345. The second-order valence-electron chi connectivity index (χ2n) is 6.69. The zero-order valence-electron chi connectivity index (χ0n) is 16.9. The number of carbonyl (C=O) groups excluding carboxylic acids is 1. The fourth-order valence-electron chi connectivity index (χ4n) is 2.70. The molecule has 1 heterocycles. The van der Waals surface area contributed by atoms with Crippen LogP contribution in [0.4, 0.5) is 23.3 Å². The number of nitrogens with zero attached hydrogens (tertiary/aromatic N) is 3. The zero-order valence-corrected chi connectivity index (χ0v) is 18.5. The SMILES string of the molecule is Cc1c(Cl)cccc1NC(=O)C(C)SC(C)c1nc(N)nc(Nc2ccccc2)n1. The largest absolute Gasteiger partial charge is 0.368 e. The molecule has 7 nitrogen and oxygen atoms in total. The van der Waals surface area contributed by atoms with Crippen molar-refractivity contribution in [2.45, 2.75) is 31.3 Å². The van der Waals surface area contributed by atoms with Crippen LogP contribution in [0, 0.1) is 6.92 Å². The Morgan fingerprint density at radius 3 is 2.53 bits per heavy atom. The molecule has 0 saturated carbocycles. The second kappa shape index (κ2) is 9.77. The molecule has 30 heavy (non-hydrogen) atoms. The minimum Gasteiger partial charge on any atom is -0.368 e. The van der Waals surface area contributed by atoms with Crippen LogP contribution in [-0.2, 0) is 4.79 Å². The number of para-hydroxylation sites is 1. The topological polar surface area (TPSA) is 106 Å². The zero-order chi connectivity index (χ0) is 21.7. The van der Waals surface area contributed by atoms with Gasteiger partial charge < -0.3 is 16.4 Å². The molecule has 3 aromatic rings. The number of nitrogen functional groups attached to an aromatic ring is 1. The molecule has 1 amide bonds. The standard InChI is InChI=1S/C21H23ClN6OS/c1-12-16(22)10-7-11-17(12)25-19(29)14(3)30-13(2)18-26-20(23)28-21(27-18)24-15-8-5-4-6-9-15/h4-11,13-14H,1-3H3,(H,25,29)(H3,23,24,26,27,28). The Hall–Kier alpha value is -2.84. The molecule has 0 aliphatic heterocycles. The number of nitrogens with one attached hydrogen (secondary N) is 2. The molecule has 1 aromatic heterocycles.